The fraction of sp³-hybridized carbons (Fsp3) is 0.412. The first kappa shape index (κ1) is 18.4. The summed E-state index contributed by atoms with van der Waals surface area (Å²) in [5, 5.41) is 6.89. The second kappa shape index (κ2) is 9.41. The number of piperidine rings is 1. The highest BCUT2D eigenvalue weighted by Crippen LogP contribution is 2.19. The molecule has 0 bridgehead atoms. The fourth-order valence-electron chi connectivity index (χ4n) is 2.89. The molecule has 25 heavy (non-hydrogen) atoms. The van der Waals surface area contributed by atoms with E-state index in [2.05, 4.69) is 9.55 Å². The van der Waals surface area contributed by atoms with Gasteiger partial charge >= 0.3 is 0 Å². The number of carboxylic acid groups (broad SMARTS) is 1. The number of imidazole rings is 1. The molecule has 0 aliphatic carbocycles. The molecule has 0 unspecified atom stereocenters. The number of carbonyl (C=O) groups excluding carboxylic acids is 1. The molecule has 2 aromatic rings. The van der Waals surface area contributed by atoms with Crippen LogP contribution in [0.3, 0.4) is 0 Å². The quantitative estimate of drug-likeness (QED) is 0.821. The number of hydrogen-bond donors (Lipinski definition) is 1. The van der Waals surface area contributed by atoms with Crippen LogP contribution in [0.1, 0.15) is 12.8 Å². The largest absolute Gasteiger partial charge is 0.483 e. The Kier molecular flexibility index (Phi) is 6.94. The van der Waals surface area contributed by atoms with Crippen molar-refractivity contribution in [2.24, 2.45) is 5.92 Å². The maximum Gasteiger partial charge on any atom is 0.290 e. The minimum absolute atomic E-state index is 0.0226. The smallest absolute Gasteiger partial charge is 0.290 e. The van der Waals surface area contributed by atoms with E-state index in [4.69, 9.17) is 9.90 Å². The number of carbonyl (C=O) groups is 2. The van der Waals surface area contributed by atoms with Crippen LogP contribution in [0.2, 0.25) is 0 Å². The highest BCUT2D eigenvalue weighted by molar-refractivity contribution is 5.76. The van der Waals surface area contributed by atoms with Crippen LogP contribution >= 0.6 is 0 Å². The van der Waals surface area contributed by atoms with Gasteiger partial charge in [-0.25, -0.2) is 4.98 Å². The van der Waals surface area contributed by atoms with Crippen LogP contribution in [0.15, 0.2) is 47.9 Å². The van der Waals surface area contributed by atoms with Crippen molar-refractivity contribution in [2.45, 2.75) is 25.9 Å². The van der Waals surface area contributed by atoms with Gasteiger partial charge in [0.1, 0.15) is 6.54 Å². The van der Waals surface area contributed by atoms with Gasteiger partial charge in [0.05, 0.1) is 6.33 Å². The number of rotatable bonds is 4. The Morgan fingerprint density at radius 2 is 2.00 bits per heavy atom. The molecule has 0 aromatic carbocycles. The molecule has 1 aliphatic heterocycles. The number of nitrogens with zero attached hydrogens (tertiary/aromatic N) is 4. The van der Waals surface area contributed by atoms with Gasteiger partial charge in [0.25, 0.3) is 12.0 Å². The van der Waals surface area contributed by atoms with Crippen LogP contribution in [-0.4, -0.2) is 49.6 Å². The van der Waals surface area contributed by atoms with Crippen LogP contribution in [0.4, 0.5) is 0 Å². The van der Waals surface area contributed by atoms with E-state index in [-0.39, 0.29) is 24.5 Å². The predicted octanol–water partition coefficient (Wildman–Crippen LogP) is 0.684. The third-order valence-corrected chi connectivity index (χ3v) is 4.20. The zero-order valence-electron chi connectivity index (χ0n) is 13.9. The van der Waals surface area contributed by atoms with Gasteiger partial charge in [0.15, 0.2) is 0 Å². The van der Waals surface area contributed by atoms with Gasteiger partial charge in [-0.1, -0.05) is 6.07 Å². The number of likely N-dealkylation sites (tertiary alicyclic amines) is 1. The van der Waals surface area contributed by atoms with Gasteiger partial charge in [0.2, 0.25) is 5.91 Å². The van der Waals surface area contributed by atoms with E-state index < -0.39 is 0 Å². The lowest BCUT2D eigenvalue weighted by Crippen LogP contribution is -2.42. The molecule has 0 saturated carbocycles. The molecule has 3 heterocycles. The zero-order chi connectivity index (χ0) is 18.1. The maximum absolute atomic E-state index is 12.3. The van der Waals surface area contributed by atoms with Crippen LogP contribution in [0, 0.1) is 5.92 Å². The monoisotopic (exact) mass is 346 g/mol. The summed E-state index contributed by atoms with van der Waals surface area (Å²) in [6, 6.07) is 4.93. The van der Waals surface area contributed by atoms with Crippen molar-refractivity contribution >= 4 is 12.4 Å². The Morgan fingerprint density at radius 3 is 2.60 bits per heavy atom. The van der Waals surface area contributed by atoms with E-state index in [0.29, 0.717) is 5.92 Å². The van der Waals surface area contributed by atoms with Crippen molar-refractivity contribution < 1.29 is 14.7 Å². The van der Waals surface area contributed by atoms with E-state index in [1.165, 1.54) is 10.6 Å². The van der Waals surface area contributed by atoms with Crippen molar-refractivity contribution in [3.63, 3.8) is 0 Å². The molecule has 0 atom stereocenters. The zero-order valence-corrected chi connectivity index (χ0v) is 13.9. The lowest BCUT2D eigenvalue weighted by molar-refractivity contribution is -0.133. The van der Waals surface area contributed by atoms with Gasteiger partial charge in [-0.05, 0) is 24.8 Å². The SMILES string of the molecule is O=C(Cn1ccccc1=O)N1CCC(Cn2ccnc2)CC1.O=CO. The Hall–Kier alpha value is -2.90. The van der Waals surface area contributed by atoms with Crippen LogP contribution in [-0.2, 0) is 22.7 Å². The van der Waals surface area contributed by atoms with Gasteiger partial charge in [-0.3, -0.25) is 14.4 Å². The van der Waals surface area contributed by atoms with Gasteiger partial charge in [-0.2, -0.15) is 0 Å². The average Bonchev–Trinajstić information content (AvgIpc) is 3.11. The summed E-state index contributed by atoms with van der Waals surface area (Å²) < 4.78 is 3.55. The highest BCUT2D eigenvalue weighted by Gasteiger charge is 2.23. The van der Waals surface area contributed by atoms with Crippen molar-refractivity contribution in [3.8, 4) is 0 Å². The number of pyridine rings is 1. The lowest BCUT2D eigenvalue weighted by Gasteiger charge is -2.32. The Labute approximate surface area is 145 Å². The summed E-state index contributed by atoms with van der Waals surface area (Å²) in [5.41, 5.74) is -0.133. The first-order valence-corrected chi connectivity index (χ1v) is 8.11. The number of hydrogen-bond acceptors (Lipinski definition) is 4. The summed E-state index contributed by atoms with van der Waals surface area (Å²) in [6.45, 7) is 2.37. The summed E-state index contributed by atoms with van der Waals surface area (Å²) in [7, 11) is 0. The standard InChI is InChI=1S/C16H20N4O2.CH2O2/c21-15-3-1-2-7-20(15)12-16(22)19-8-4-14(5-9-19)11-18-10-6-17-13-18;2-1-3/h1-3,6-7,10,13-14H,4-5,8-9,11-12H2;1H,(H,2,3). The molecule has 1 fully saturated rings. The fourth-order valence-corrected chi connectivity index (χ4v) is 2.89. The number of amides is 1. The third-order valence-electron chi connectivity index (χ3n) is 4.20. The summed E-state index contributed by atoms with van der Waals surface area (Å²) in [4.78, 5) is 38.2. The van der Waals surface area contributed by atoms with E-state index >= 15 is 0 Å². The predicted molar refractivity (Wildman–Crippen MR) is 90.9 cm³/mol. The molecule has 3 rings (SSSR count). The normalized spacial score (nSPS) is 14.5. The van der Waals surface area contributed by atoms with Crippen molar-refractivity contribution in [2.75, 3.05) is 13.1 Å². The van der Waals surface area contributed by atoms with Gasteiger partial charge in [0, 0.05) is 44.3 Å². The topological polar surface area (TPSA) is 97.4 Å². The first-order valence-electron chi connectivity index (χ1n) is 8.11. The molecule has 8 heteroatoms. The van der Waals surface area contributed by atoms with E-state index in [1.807, 2.05) is 17.4 Å². The van der Waals surface area contributed by atoms with Gasteiger partial charge in [-0.15, -0.1) is 0 Å². The van der Waals surface area contributed by atoms with Gasteiger partial charge < -0.3 is 19.1 Å². The van der Waals surface area contributed by atoms with Crippen LogP contribution in [0.5, 0.6) is 0 Å². The Balaban J connectivity index is 0.000000701. The summed E-state index contributed by atoms with van der Waals surface area (Å²) >= 11 is 0. The molecule has 1 amide bonds. The minimum Gasteiger partial charge on any atom is -0.483 e. The molecule has 1 N–H and O–H groups in total. The van der Waals surface area contributed by atoms with E-state index in [1.54, 1.807) is 24.5 Å². The van der Waals surface area contributed by atoms with Crippen LogP contribution < -0.4 is 5.56 Å². The molecule has 134 valence electrons. The van der Waals surface area contributed by atoms with Crippen LogP contribution in [0.25, 0.3) is 0 Å². The van der Waals surface area contributed by atoms with E-state index in [9.17, 15) is 9.59 Å². The summed E-state index contributed by atoms with van der Waals surface area (Å²) in [6.07, 6.45) is 9.24. The molecular weight excluding hydrogens is 324 g/mol. The molecule has 1 aliphatic rings. The second-order valence-corrected chi connectivity index (χ2v) is 5.86. The molecule has 8 nitrogen and oxygen atoms in total. The second-order valence-electron chi connectivity index (χ2n) is 5.86. The Bertz CT molecular complexity index is 718. The first-order chi connectivity index (χ1) is 12.1. The third kappa shape index (κ3) is 5.59. The Morgan fingerprint density at radius 1 is 1.28 bits per heavy atom. The molecule has 2 aromatic heterocycles. The average molecular weight is 346 g/mol. The molecular formula is C17H22N4O4. The number of aromatic nitrogens is 3. The van der Waals surface area contributed by atoms with Crippen molar-refractivity contribution in [1.82, 2.24) is 19.0 Å². The highest BCUT2D eigenvalue weighted by atomic mass is 16.3. The molecule has 0 radical (unpaired) electrons. The molecule has 1 saturated heterocycles. The van der Waals surface area contributed by atoms with Crippen molar-refractivity contribution in [3.05, 3.63) is 53.5 Å². The molecule has 0 spiro atoms. The van der Waals surface area contributed by atoms with E-state index in [0.717, 1.165) is 32.5 Å². The minimum atomic E-state index is -0.250. The summed E-state index contributed by atoms with van der Waals surface area (Å²) in [5.74, 6) is 0.604. The maximum atomic E-state index is 12.3. The lowest BCUT2D eigenvalue weighted by atomic mass is 9.96. The van der Waals surface area contributed by atoms with Crippen molar-refractivity contribution in [1.29, 1.82) is 0 Å².